The molecule has 88 valence electrons. The lowest BCUT2D eigenvalue weighted by atomic mass is 10.3. The van der Waals surface area contributed by atoms with Crippen molar-refractivity contribution in [2.24, 2.45) is 0 Å². The molecule has 0 aliphatic heterocycles. The predicted molar refractivity (Wildman–Crippen MR) is 67.6 cm³/mol. The molecule has 0 saturated carbocycles. The van der Waals surface area contributed by atoms with Crippen LogP contribution in [0.4, 0.5) is 5.69 Å². The minimum absolute atomic E-state index is 0.0858. The Morgan fingerprint density at radius 3 is 2.65 bits per heavy atom. The van der Waals surface area contributed by atoms with Crippen molar-refractivity contribution in [3.63, 3.8) is 0 Å². The van der Waals surface area contributed by atoms with Crippen molar-refractivity contribution in [2.45, 2.75) is 10.6 Å². The molecule has 2 rings (SSSR count). The number of nitrogens with zero attached hydrogens (tertiary/aromatic N) is 3. The Morgan fingerprint density at radius 1 is 1.41 bits per heavy atom. The molecule has 2 aromatic rings. The summed E-state index contributed by atoms with van der Waals surface area (Å²) in [5.41, 5.74) is 0.822. The summed E-state index contributed by atoms with van der Waals surface area (Å²) in [6, 6.07) is 6.36. The molecule has 0 saturated heterocycles. The Labute approximate surface area is 110 Å². The molecule has 0 amide bonds. The summed E-state index contributed by atoms with van der Waals surface area (Å²) in [7, 11) is 0. The fourth-order valence-corrected chi connectivity index (χ4v) is 2.73. The van der Waals surface area contributed by atoms with E-state index in [1.54, 1.807) is 12.1 Å². The van der Waals surface area contributed by atoms with Crippen LogP contribution < -0.4 is 0 Å². The highest BCUT2D eigenvalue weighted by molar-refractivity contribution is 7.98. The quantitative estimate of drug-likeness (QED) is 0.490. The number of rotatable bonds is 4. The van der Waals surface area contributed by atoms with Crippen molar-refractivity contribution in [1.29, 1.82) is 0 Å². The first-order valence-electron chi connectivity index (χ1n) is 4.51. The van der Waals surface area contributed by atoms with Crippen molar-refractivity contribution in [3.8, 4) is 0 Å². The summed E-state index contributed by atoms with van der Waals surface area (Å²) in [5, 5.41) is 14.4. The van der Waals surface area contributed by atoms with E-state index in [9.17, 15) is 10.1 Å². The van der Waals surface area contributed by atoms with Crippen molar-refractivity contribution in [2.75, 3.05) is 0 Å². The van der Waals surface area contributed by atoms with Gasteiger partial charge in [-0.15, -0.1) is 16.9 Å². The number of hydrogen-bond acceptors (Lipinski definition) is 6. The highest BCUT2D eigenvalue weighted by Crippen LogP contribution is 2.28. The van der Waals surface area contributed by atoms with Crippen LogP contribution in [-0.2, 0) is 5.75 Å². The molecule has 0 unspecified atom stereocenters. The standard InChI is InChI=1S/C9H6ClN3O2S2/c10-9-8(11-12-17-9)5-16-7-3-1-6(2-4-7)13(14)15/h1-4H,5H2. The maximum absolute atomic E-state index is 10.5. The van der Waals surface area contributed by atoms with Crippen molar-refractivity contribution in [1.82, 2.24) is 9.59 Å². The molecule has 0 bridgehead atoms. The average Bonchev–Trinajstić information content (AvgIpc) is 2.73. The Morgan fingerprint density at radius 2 is 2.12 bits per heavy atom. The van der Waals surface area contributed by atoms with E-state index in [1.807, 2.05) is 0 Å². The average molecular weight is 288 g/mol. The maximum Gasteiger partial charge on any atom is 0.269 e. The van der Waals surface area contributed by atoms with Gasteiger partial charge < -0.3 is 0 Å². The van der Waals surface area contributed by atoms with Gasteiger partial charge in [-0.3, -0.25) is 10.1 Å². The van der Waals surface area contributed by atoms with Gasteiger partial charge in [0, 0.05) is 34.3 Å². The van der Waals surface area contributed by atoms with Crippen LogP contribution in [0.15, 0.2) is 29.2 Å². The molecular formula is C9H6ClN3O2S2. The molecule has 0 fully saturated rings. The first-order chi connectivity index (χ1) is 8.16. The van der Waals surface area contributed by atoms with E-state index in [0.717, 1.165) is 22.1 Å². The molecule has 0 N–H and O–H groups in total. The van der Waals surface area contributed by atoms with Gasteiger partial charge in [0.15, 0.2) is 0 Å². The second-order valence-corrected chi connectivity index (χ2v) is 5.44. The Kier molecular flexibility index (Phi) is 3.93. The molecular weight excluding hydrogens is 282 g/mol. The first kappa shape index (κ1) is 12.3. The molecule has 0 aliphatic carbocycles. The van der Waals surface area contributed by atoms with Crippen molar-refractivity contribution < 1.29 is 4.92 Å². The number of nitro benzene ring substituents is 1. The Hall–Kier alpha value is -1.18. The lowest BCUT2D eigenvalue weighted by molar-refractivity contribution is -0.384. The van der Waals surface area contributed by atoms with E-state index in [1.165, 1.54) is 23.9 Å². The fourth-order valence-electron chi connectivity index (χ4n) is 1.10. The van der Waals surface area contributed by atoms with Crippen LogP contribution in [0.5, 0.6) is 0 Å². The first-order valence-corrected chi connectivity index (χ1v) is 6.64. The third-order valence-corrected chi connectivity index (χ3v) is 3.94. The van der Waals surface area contributed by atoms with Gasteiger partial charge in [0.25, 0.3) is 5.69 Å². The molecule has 17 heavy (non-hydrogen) atoms. The molecule has 0 radical (unpaired) electrons. The normalized spacial score (nSPS) is 10.4. The van der Waals surface area contributed by atoms with E-state index in [4.69, 9.17) is 11.6 Å². The number of aromatic nitrogens is 2. The number of hydrogen-bond donors (Lipinski definition) is 0. The Balaban J connectivity index is 2.00. The minimum Gasteiger partial charge on any atom is -0.258 e. The van der Waals surface area contributed by atoms with E-state index in [0.29, 0.717) is 10.1 Å². The molecule has 1 aromatic heterocycles. The molecule has 0 aliphatic rings. The molecule has 0 atom stereocenters. The second-order valence-electron chi connectivity index (χ2n) is 3.03. The highest BCUT2D eigenvalue weighted by Gasteiger charge is 2.07. The van der Waals surface area contributed by atoms with Crippen LogP contribution in [0.2, 0.25) is 4.34 Å². The molecule has 1 heterocycles. The summed E-state index contributed by atoms with van der Waals surface area (Å²) >= 11 is 8.52. The van der Waals surface area contributed by atoms with Crippen molar-refractivity contribution >= 4 is 40.6 Å². The zero-order chi connectivity index (χ0) is 12.3. The van der Waals surface area contributed by atoms with Gasteiger partial charge >= 0.3 is 0 Å². The molecule has 1 aromatic carbocycles. The van der Waals surface area contributed by atoms with Gasteiger partial charge in [-0.25, -0.2) is 0 Å². The van der Waals surface area contributed by atoms with E-state index in [2.05, 4.69) is 9.59 Å². The largest absolute Gasteiger partial charge is 0.269 e. The van der Waals surface area contributed by atoms with Crippen LogP contribution in [0.3, 0.4) is 0 Å². The van der Waals surface area contributed by atoms with E-state index < -0.39 is 4.92 Å². The Bertz CT molecular complexity index is 529. The van der Waals surface area contributed by atoms with Crippen LogP contribution in [-0.4, -0.2) is 14.5 Å². The van der Waals surface area contributed by atoms with Gasteiger partial charge in [-0.05, 0) is 12.1 Å². The topological polar surface area (TPSA) is 68.9 Å². The number of halogens is 1. The fraction of sp³-hybridized carbons (Fsp3) is 0.111. The number of nitro groups is 1. The SMILES string of the molecule is O=[N+]([O-])c1ccc(SCc2nnsc2Cl)cc1. The number of non-ortho nitro benzene ring substituents is 1. The van der Waals surface area contributed by atoms with E-state index in [-0.39, 0.29) is 5.69 Å². The van der Waals surface area contributed by atoms with Crippen molar-refractivity contribution in [3.05, 3.63) is 44.4 Å². The zero-order valence-corrected chi connectivity index (χ0v) is 10.8. The van der Waals surface area contributed by atoms with Gasteiger partial charge in [-0.1, -0.05) is 16.1 Å². The smallest absolute Gasteiger partial charge is 0.258 e. The van der Waals surface area contributed by atoms with Gasteiger partial charge in [0.1, 0.15) is 10.0 Å². The highest BCUT2D eigenvalue weighted by atomic mass is 35.5. The van der Waals surface area contributed by atoms with Gasteiger partial charge in [0.05, 0.1) is 4.92 Å². The minimum atomic E-state index is -0.421. The van der Waals surface area contributed by atoms with Crippen LogP contribution in [0, 0.1) is 10.1 Å². The summed E-state index contributed by atoms with van der Waals surface area (Å²) < 4.78 is 4.31. The number of benzene rings is 1. The van der Waals surface area contributed by atoms with Gasteiger partial charge in [-0.2, -0.15) is 0 Å². The summed E-state index contributed by atoms with van der Waals surface area (Å²) in [6.07, 6.45) is 0. The predicted octanol–water partition coefficient (Wildman–Crippen LogP) is 3.39. The zero-order valence-electron chi connectivity index (χ0n) is 8.37. The summed E-state index contributed by atoms with van der Waals surface area (Å²) in [6.45, 7) is 0. The molecule has 5 nitrogen and oxygen atoms in total. The summed E-state index contributed by atoms with van der Waals surface area (Å²) in [5.74, 6) is 0.604. The third kappa shape index (κ3) is 3.15. The lowest BCUT2D eigenvalue weighted by Crippen LogP contribution is -1.87. The van der Waals surface area contributed by atoms with Crippen LogP contribution >= 0.6 is 34.9 Å². The second kappa shape index (κ2) is 5.44. The molecule has 0 spiro atoms. The lowest BCUT2D eigenvalue weighted by Gasteiger charge is -1.98. The monoisotopic (exact) mass is 287 g/mol. The third-order valence-electron chi connectivity index (χ3n) is 1.93. The number of thioether (sulfide) groups is 1. The van der Waals surface area contributed by atoms with E-state index >= 15 is 0 Å². The van der Waals surface area contributed by atoms with Crippen LogP contribution in [0.1, 0.15) is 5.69 Å². The summed E-state index contributed by atoms with van der Waals surface area (Å²) in [4.78, 5) is 11.0. The van der Waals surface area contributed by atoms with Crippen LogP contribution in [0.25, 0.3) is 0 Å². The maximum atomic E-state index is 10.5. The van der Waals surface area contributed by atoms with Gasteiger partial charge in [0.2, 0.25) is 0 Å². The molecule has 8 heteroatoms.